The second kappa shape index (κ2) is 3.93. The Morgan fingerprint density at radius 1 is 1.38 bits per heavy atom. The van der Waals surface area contributed by atoms with E-state index in [1.165, 1.54) is 24.3 Å². The fourth-order valence-corrected chi connectivity index (χ4v) is 1.03. The van der Waals surface area contributed by atoms with Crippen LogP contribution in [0.3, 0.4) is 0 Å². The summed E-state index contributed by atoms with van der Waals surface area (Å²) >= 11 is 0. The average molecular weight is 187 g/mol. The Hall–Kier alpha value is -1.52. The smallest absolute Gasteiger partial charge is 0.258 e. The number of halogens is 2. The van der Waals surface area contributed by atoms with Crippen molar-refractivity contribution in [2.45, 2.75) is 12.8 Å². The molecule has 3 nitrogen and oxygen atoms in total. The number of hydrogen-bond acceptors (Lipinski definition) is 2. The molecule has 0 radical (unpaired) electrons. The average Bonchev–Trinajstić information content (AvgIpc) is 2.03. The van der Waals surface area contributed by atoms with E-state index in [2.05, 4.69) is 0 Å². The predicted molar refractivity (Wildman–Crippen MR) is 42.8 cm³/mol. The predicted octanol–water partition coefficient (Wildman–Crippen LogP) is 2.40. The monoisotopic (exact) mass is 187 g/mol. The van der Waals surface area contributed by atoms with Gasteiger partial charge in [0.25, 0.3) is 5.69 Å². The summed E-state index contributed by atoms with van der Waals surface area (Å²) in [7, 11) is 0. The molecule has 1 rings (SSSR count). The first-order chi connectivity index (χ1) is 6.11. The summed E-state index contributed by atoms with van der Waals surface area (Å²) in [6, 6.07) is 5.51. The minimum atomic E-state index is -2.55. The molecule has 0 fully saturated rings. The molecule has 0 heterocycles. The van der Waals surface area contributed by atoms with Crippen molar-refractivity contribution >= 4 is 5.69 Å². The van der Waals surface area contributed by atoms with E-state index in [1.54, 1.807) is 0 Å². The van der Waals surface area contributed by atoms with Crippen molar-refractivity contribution in [1.82, 2.24) is 0 Å². The van der Waals surface area contributed by atoms with Gasteiger partial charge in [0, 0.05) is 18.1 Å². The van der Waals surface area contributed by atoms with E-state index < -0.39 is 17.8 Å². The lowest BCUT2D eigenvalue weighted by Gasteiger charge is -2.00. The Morgan fingerprint density at radius 2 is 2.00 bits per heavy atom. The molecule has 1 aromatic carbocycles. The first-order valence-electron chi connectivity index (χ1n) is 3.61. The molecule has 5 heteroatoms. The summed E-state index contributed by atoms with van der Waals surface area (Å²) in [6.07, 6.45) is -3.13. The summed E-state index contributed by atoms with van der Waals surface area (Å²) in [5.74, 6) is 0. The van der Waals surface area contributed by atoms with Crippen LogP contribution < -0.4 is 0 Å². The number of nitro groups is 1. The van der Waals surface area contributed by atoms with Crippen LogP contribution in [0.4, 0.5) is 14.5 Å². The van der Waals surface area contributed by atoms with E-state index >= 15 is 0 Å². The quantitative estimate of drug-likeness (QED) is 0.538. The van der Waals surface area contributed by atoms with Crippen LogP contribution in [0.15, 0.2) is 24.3 Å². The van der Waals surface area contributed by atoms with Gasteiger partial charge in [-0.1, -0.05) is 18.2 Å². The van der Waals surface area contributed by atoms with Crippen molar-refractivity contribution in [1.29, 1.82) is 0 Å². The molecule has 0 saturated heterocycles. The molecule has 0 bridgehead atoms. The van der Waals surface area contributed by atoms with Crippen molar-refractivity contribution < 1.29 is 13.7 Å². The normalized spacial score (nSPS) is 10.4. The lowest BCUT2D eigenvalue weighted by molar-refractivity contribution is -0.385. The second-order valence-corrected chi connectivity index (χ2v) is 2.48. The Bertz CT molecular complexity index is 315. The number of hydrogen-bond donors (Lipinski definition) is 0. The summed E-state index contributed by atoms with van der Waals surface area (Å²) in [5, 5.41) is 10.4. The van der Waals surface area contributed by atoms with Gasteiger partial charge >= 0.3 is 0 Å². The van der Waals surface area contributed by atoms with Gasteiger partial charge in [0.1, 0.15) is 0 Å². The van der Waals surface area contributed by atoms with E-state index in [0.717, 1.165) is 0 Å². The summed E-state index contributed by atoms with van der Waals surface area (Å²) in [6.45, 7) is 0. The van der Waals surface area contributed by atoms with Gasteiger partial charge in [-0.15, -0.1) is 0 Å². The minimum absolute atomic E-state index is 0.0718. The van der Waals surface area contributed by atoms with Crippen molar-refractivity contribution in [2.24, 2.45) is 0 Å². The molecule has 1 aromatic rings. The highest BCUT2D eigenvalue weighted by Gasteiger charge is 2.15. The van der Waals surface area contributed by atoms with Crippen LogP contribution in [0, 0.1) is 10.1 Å². The van der Waals surface area contributed by atoms with Gasteiger partial charge in [-0.25, -0.2) is 8.78 Å². The van der Waals surface area contributed by atoms with Gasteiger partial charge in [0.15, 0.2) is 0 Å². The molecule has 0 spiro atoms. The van der Waals surface area contributed by atoms with E-state index in [0.29, 0.717) is 0 Å². The highest BCUT2D eigenvalue weighted by atomic mass is 19.3. The van der Waals surface area contributed by atoms with E-state index in [-0.39, 0.29) is 11.3 Å². The van der Waals surface area contributed by atoms with Gasteiger partial charge in [-0.3, -0.25) is 10.1 Å². The maximum absolute atomic E-state index is 11.9. The SMILES string of the molecule is O=[N+]([O-])c1ccccc1CC(F)F. The van der Waals surface area contributed by atoms with Crippen LogP contribution in [0.1, 0.15) is 5.56 Å². The number of rotatable bonds is 3. The van der Waals surface area contributed by atoms with Crippen LogP contribution in [0.25, 0.3) is 0 Å². The summed E-state index contributed by atoms with van der Waals surface area (Å²) in [4.78, 5) is 9.71. The largest absolute Gasteiger partial charge is 0.272 e. The molecule has 0 aliphatic rings. The fourth-order valence-electron chi connectivity index (χ4n) is 1.03. The Kier molecular flexibility index (Phi) is 2.89. The molecular formula is C8H7F2NO2. The molecule has 0 aliphatic carbocycles. The van der Waals surface area contributed by atoms with Gasteiger partial charge in [0.2, 0.25) is 6.43 Å². The fraction of sp³-hybridized carbons (Fsp3) is 0.250. The van der Waals surface area contributed by atoms with E-state index in [1.807, 2.05) is 0 Å². The molecule has 0 N–H and O–H groups in total. The maximum atomic E-state index is 11.9. The van der Waals surface area contributed by atoms with Gasteiger partial charge in [-0.2, -0.15) is 0 Å². The second-order valence-electron chi connectivity index (χ2n) is 2.48. The van der Waals surface area contributed by atoms with Gasteiger partial charge < -0.3 is 0 Å². The van der Waals surface area contributed by atoms with Crippen molar-refractivity contribution in [3.8, 4) is 0 Å². The van der Waals surface area contributed by atoms with Gasteiger partial charge in [0.05, 0.1) is 4.92 Å². The highest BCUT2D eigenvalue weighted by Crippen LogP contribution is 2.20. The molecule has 70 valence electrons. The number of benzene rings is 1. The molecule has 13 heavy (non-hydrogen) atoms. The third-order valence-corrected chi connectivity index (χ3v) is 1.56. The van der Waals surface area contributed by atoms with Crippen LogP contribution >= 0.6 is 0 Å². The standard InChI is InChI=1S/C8H7F2NO2/c9-8(10)5-6-3-1-2-4-7(6)11(12)13/h1-4,8H,5H2. The van der Waals surface area contributed by atoms with E-state index in [9.17, 15) is 18.9 Å². The van der Waals surface area contributed by atoms with Crippen LogP contribution in [0.2, 0.25) is 0 Å². The summed E-state index contributed by atoms with van der Waals surface area (Å²) in [5.41, 5.74) is -0.176. The lowest BCUT2D eigenvalue weighted by Crippen LogP contribution is -2.01. The zero-order valence-electron chi connectivity index (χ0n) is 6.61. The molecule has 0 aliphatic heterocycles. The summed E-state index contributed by atoms with van der Waals surface area (Å²) < 4.78 is 23.9. The van der Waals surface area contributed by atoms with E-state index in [4.69, 9.17) is 0 Å². The number of para-hydroxylation sites is 1. The zero-order valence-corrected chi connectivity index (χ0v) is 6.61. The number of nitro benzene ring substituents is 1. The van der Waals surface area contributed by atoms with Crippen LogP contribution in [-0.4, -0.2) is 11.3 Å². The maximum Gasteiger partial charge on any atom is 0.272 e. The molecule has 0 aromatic heterocycles. The van der Waals surface area contributed by atoms with Crippen molar-refractivity contribution in [3.63, 3.8) is 0 Å². The first-order valence-corrected chi connectivity index (χ1v) is 3.61. The van der Waals surface area contributed by atoms with Crippen molar-refractivity contribution in [3.05, 3.63) is 39.9 Å². The highest BCUT2D eigenvalue weighted by molar-refractivity contribution is 5.39. The van der Waals surface area contributed by atoms with Crippen LogP contribution in [0.5, 0.6) is 0 Å². The third kappa shape index (κ3) is 2.47. The zero-order chi connectivity index (χ0) is 9.84. The van der Waals surface area contributed by atoms with Crippen LogP contribution in [-0.2, 0) is 6.42 Å². The molecule has 0 amide bonds. The van der Waals surface area contributed by atoms with Crippen molar-refractivity contribution in [2.75, 3.05) is 0 Å². The first kappa shape index (κ1) is 9.57. The Morgan fingerprint density at radius 3 is 2.54 bits per heavy atom. The van der Waals surface area contributed by atoms with Gasteiger partial charge in [-0.05, 0) is 0 Å². The Balaban J connectivity index is 2.98. The number of nitrogens with zero attached hydrogens (tertiary/aromatic N) is 1. The molecular weight excluding hydrogens is 180 g/mol. The molecule has 0 atom stereocenters. The minimum Gasteiger partial charge on any atom is -0.258 e. The third-order valence-electron chi connectivity index (χ3n) is 1.56. The number of alkyl halides is 2. The molecule has 0 saturated carbocycles. The lowest BCUT2D eigenvalue weighted by atomic mass is 10.1. The molecule has 0 unspecified atom stereocenters. The Labute approximate surface area is 73.1 Å². The topological polar surface area (TPSA) is 43.1 Å².